The van der Waals surface area contributed by atoms with Crippen LogP contribution in [-0.2, 0) is 0 Å². The molecule has 0 N–H and O–H groups in total. The molecule has 1 fully saturated rings. The summed E-state index contributed by atoms with van der Waals surface area (Å²) in [4.78, 5) is 16.3. The average Bonchev–Trinajstić information content (AvgIpc) is 2.57. The second kappa shape index (κ2) is 3.22. The van der Waals surface area contributed by atoms with E-state index in [0.29, 0.717) is 11.5 Å². The number of aromatic nitrogens is 3. The molecule has 1 saturated carbocycles. The van der Waals surface area contributed by atoms with Crippen LogP contribution in [0.3, 0.4) is 0 Å². The second-order valence-electron chi connectivity index (χ2n) is 5.84. The van der Waals surface area contributed by atoms with Gasteiger partial charge in [0.2, 0.25) is 5.78 Å². The Morgan fingerprint density at radius 3 is 2.71 bits per heavy atom. The van der Waals surface area contributed by atoms with Crippen LogP contribution in [0.15, 0.2) is 23.3 Å². The van der Waals surface area contributed by atoms with Gasteiger partial charge in [-0.15, -0.1) is 0 Å². The van der Waals surface area contributed by atoms with Crippen LogP contribution in [0.5, 0.6) is 0 Å². The number of rotatable bonds is 1. The summed E-state index contributed by atoms with van der Waals surface area (Å²) in [5.74, 6) is 0.774. The molecule has 4 nitrogen and oxygen atoms in total. The average molecular weight is 231 g/mol. The number of hydrogen-bond donors (Lipinski definition) is 0. The lowest BCUT2D eigenvalue weighted by Gasteiger charge is -2.43. The summed E-state index contributed by atoms with van der Waals surface area (Å²) in [7, 11) is 0. The summed E-state index contributed by atoms with van der Waals surface area (Å²) in [6.45, 7) is 6.42. The third-order valence-corrected chi connectivity index (χ3v) is 3.64. The molecule has 2 aromatic heterocycles. The van der Waals surface area contributed by atoms with E-state index in [-0.39, 0.29) is 5.56 Å². The largest absolute Gasteiger partial charge is 0.314 e. The quantitative estimate of drug-likeness (QED) is 0.754. The highest BCUT2D eigenvalue weighted by Crippen LogP contribution is 2.47. The van der Waals surface area contributed by atoms with Gasteiger partial charge in [-0.05, 0) is 25.2 Å². The Labute approximate surface area is 99.9 Å². The van der Waals surface area contributed by atoms with Crippen molar-refractivity contribution in [3.05, 3.63) is 34.5 Å². The molecule has 0 bridgehead atoms. The monoisotopic (exact) mass is 231 g/mol. The highest BCUT2D eigenvalue weighted by Gasteiger charge is 2.37. The molecule has 1 aliphatic carbocycles. The lowest BCUT2D eigenvalue weighted by molar-refractivity contribution is 0.107. The number of aryl methyl sites for hydroxylation is 1. The first-order valence-corrected chi connectivity index (χ1v) is 6.03. The SMILES string of the molecule is Cc1cc(=O)n2ccn(C3CC(C)(C)C3)c2n1. The fourth-order valence-corrected chi connectivity index (χ4v) is 2.82. The van der Waals surface area contributed by atoms with Crippen LogP contribution in [0.2, 0.25) is 0 Å². The maximum atomic E-state index is 11.8. The molecule has 2 heterocycles. The van der Waals surface area contributed by atoms with Crippen LogP contribution in [0.1, 0.15) is 38.4 Å². The Morgan fingerprint density at radius 1 is 1.35 bits per heavy atom. The summed E-state index contributed by atoms with van der Waals surface area (Å²) in [6.07, 6.45) is 6.10. The van der Waals surface area contributed by atoms with E-state index in [1.54, 1.807) is 10.5 Å². The molecule has 2 aromatic rings. The fourth-order valence-electron chi connectivity index (χ4n) is 2.82. The molecule has 0 spiro atoms. The molecular weight excluding hydrogens is 214 g/mol. The van der Waals surface area contributed by atoms with Gasteiger partial charge in [0.1, 0.15) is 0 Å². The Bertz CT molecular complexity index is 628. The van der Waals surface area contributed by atoms with Gasteiger partial charge in [0.05, 0.1) is 0 Å². The van der Waals surface area contributed by atoms with Gasteiger partial charge in [0, 0.05) is 30.2 Å². The van der Waals surface area contributed by atoms with Gasteiger partial charge in [-0.3, -0.25) is 9.20 Å². The van der Waals surface area contributed by atoms with Crippen molar-refractivity contribution in [1.82, 2.24) is 14.0 Å². The number of imidazole rings is 1. The molecular formula is C13H17N3O. The molecule has 90 valence electrons. The van der Waals surface area contributed by atoms with E-state index in [1.807, 2.05) is 19.3 Å². The van der Waals surface area contributed by atoms with Gasteiger partial charge in [-0.2, -0.15) is 0 Å². The topological polar surface area (TPSA) is 39.3 Å². The number of fused-ring (bicyclic) bond motifs is 1. The molecule has 4 heteroatoms. The predicted molar refractivity (Wildman–Crippen MR) is 66.2 cm³/mol. The highest BCUT2D eigenvalue weighted by molar-refractivity contribution is 5.32. The molecule has 17 heavy (non-hydrogen) atoms. The summed E-state index contributed by atoms with van der Waals surface area (Å²) < 4.78 is 3.76. The predicted octanol–water partition coefficient (Wildman–Crippen LogP) is 2.17. The zero-order chi connectivity index (χ0) is 12.2. The van der Waals surface area contributed by atoms with Crippen LogP contribution < -0.4 is 5.56 Å². The van der Waals surface area contributed by atoms with Gasteiger partial charge in [-0.1, -0.05) is 13.8 Å². The zero-order valence-corrected chi connectivity index (χ0v) is 10.5. The van der Waals surface area contributed by atoms with Crippen molar-refractivity contribution in [3.8, 4) is 0 Å². The van der Waals surface area contributed by atoms with Crippen molar-refractivity contribution < 1.29 is 0 Å². The van der Waals surface area contributed by atoms with Crippen LogP contribution in [-0.4, -0.2) is 14.0 Å². The molecule has 0 aliphatic heterocycles. The van der Waals surface area contributed by atoms with Gasteiger partial charge in [-0.25, -0.2) is 4.98 Å². The van der Waals surface area contributed by atoms with Gasteiger partial charge in [0.25, 0.3) is 5.56 Å². The zero-order valence-electron chi connectivity index (χ0n) is 10.5. The molecule has 0 radical (unpaired) electrons. The van der Waals surface area contributed by atoms with Crippen molar-refractivity contribution in [3.63, 3.8) is 0 Å². The number of hydrogen-bond acceptors (Lipinski definition) is 2. The van der Waals surface area contributed by atoms with Gasteiger partial charge in [0.15, 0.2) is 0 Å². The molecule has 0 saturated heterocycles. The highest BCUT2D eigenvalue weighted by atomic mass is 16.1. The van der Waals surface area contributed by atoms with Crippen molar-refractivity contribution >= 4 is 5.78 Å². The summed E-state index contributed by atoms with van der Waals surface area (Å²) in [5.41, 5.74) is 1.22. The second-order valence-corrected chi connectivity index (χ2v) is 5.84. The summed E-state index contributed by atoms with van der Waals surface area (Å²) in [5, 5.41) is 0. The Kier molecular flexibility index (Phi) is 2.00. The minimum Gasteiger partial charge on any atom is -0.314 e. The van der Waals surface area contributed by atoms with Crippen molar-refractivity contribution in [2.24, 2.45) is 5.41 Å². The lowest BCUT2D eigenvalue weighted by atomic mass is 9.68. The third-order valence-electron chi connectivity index (χ3n) is 3.64. The van der Waals surface area contributed by atoms with E-state index in [1.165, 1.54) is 0 Å². The number of nitrogens with zero attached hydrogens (tertiary/aromatic N) is 3. The van der Waals surface area contributed by atoms with E-state index in [0.717, 1.165) is 24.3 Å². The van der Waals surface area contributed by atoms with Crippen LogP contribution in [0.25, 0.3) is 5.78 Å². The lowest BCUT2D eigenvalue weighted by Crippen LogP contribution is -2.33. The van der Waals surface area contributed by atoms with Gasteiger partial charge < -0.3 is 4.57 Å². The van der Waals surface area contributed by atoms with E-state index >= 15 is 0 Å². The maximum absolute atomic E-state index is 11.8. The molecule has 1 aliphatic rings. The molecule has 0 atom stereocenters. The fraction of sp³-hybridized carbons (Fsp3) is 0.538. The first-order valence-electron chi connectivity index (χ1n) is 6.03. The first kappa shape index (κ1) is 10.6. The smallest absolute Gasteiger partial charge is 0.259 e. The Morgan fingerprint density at radius 2 is 2.06 bits per heavy atom. The standard InChI is InChI=1S/C13H17N3O/c1-9-6-11(17)16-5-4-15(12(16)14-9)10-7-13(2,3)8-10/h4-6,10H,7-8H2,1-3H3. The first-order chi connectivity index (χ1) is 7.96. The van der Waals surface area contributed by atoms with Crippen molar-refractivity contribution in [2.75, 3.05) is 0 Å². The van der Waals surface area contributed by atoms with E-state index in [2.05, 4.69) is 23.4 Å². The molecule has 0 amide bonds. The van der Waals surface area contributed by atoms with Gasteiger partial charge >= 0.3 is 0 Å². The van der Waals surface area contributed by atoms with Crippen LogP contribution in [0.4, 0.5) is 0 Å². The Hall–Kier alpha value is -1.58. The maximum Gasteiger partial charge on any atom is 0.259 e. The van der Waals surface area contributed by atoms with E-state index in [4.69, 9.17) is 0 Å². The summed E-state index contributed by atoms with van der Waals surface area (Å²) >= 11 is 0. The normalized spacial score (nSPS) is 19.5. The van der Waals surface area contributed by atoms with Crippen LogP contribution >= 0.6 is 0 Å². The van der Waals surface area contributed by atoms with Crippen molar-refractivity contribution in [2.45, 2.75) is 39.7 Å². The van der Waals surface area contributed by atoms with E-state index < -0.39 is 0 Å². The molecule has 0 unspecified atom stereocenters. The van der Waals surface area contributed by atoms with Crippen LogP contribution in [0, 0.1) is 12.3 Å². The molecule has 3 rings (SSSR count). The summed E-state index contributed by atoms with van der Waals surface area (Å²) in [6, 6.07) is 2.06. The van der Waals surface area contributed by atoms with E-state index in [9.17, 15) is 4.79 Å². The van der Waals surface area contributed by atoms with Crippen molar-refractivity contribution in [1.29, 1.82) is 0 Å². The minimum absolute atomic E-state index is 0.00448. The minimum atomic E-state index is 0.00448. The molecule has 0 aromatic carbocycles. The third kappa shape index (κ3) is 1.59. The Balaban J connectivity index is 2.10.